The van der Waals surface area contributed by atoms with Crippen molar-refractivity contribution in [1.29, 1.82) is 0 Å². The first-order chi connectivity index (χ1) is 4.98. The van der Waals surface area contributed by atoms with Crippen molar-refractivity contribution in [2.75, 3.05) is 6.61 Å². The molecule has 0 radical (unpaired) electrons. The Morgan fingerprint density at radius 1 is 1.64 bits per heavy atom. The van der Waals surface area contributed by atoms with Gasteiger partial charge in [0.1, 0.15) is 6.61 Å². The van der Waals surface area contributed by atoms with Gasteiger partial charge in [0.25, 0.3) is 0 Å². The highest BCUT2D eigenvalue weighted by Gasteiger charge is 2.16. The van der Waals surface area contributed by atoms with E-state index in [1.54, 1.807) is 6.92 Å². The van der Waals surface area contributed by atoms with Crippen molar-refractivity contribution < 1.29 is 14.6 Å². The Kier molecular flexibility index (Phi) is 3.46. The Hall–Kier alpha value is -1.17. The molecule has 0 bridgehead atoms. The molecule has 1 N–H and O–H groups in total. The maximum Gasteiger partial charge on any atom is 0.505 e. The lowest BCUT2D eigenvalue weighted by molar-refractivity contribution is 0.0707. The van der Waals surface area contributed by atoms with Crippen molar-refractivity contribution in [2.45, 2.75) is 20.8 Å². The van der Waals surface area contributed by atoms with Gasteiger partial charge in [0.2, 0.25) is 0 Å². The van der Waals surface area contributed by atoms with Crippen LogP contribution >= 0.6 is 0 Å². The van der Waals surface area contributed by atoms with E-state index < -0.39 is 6.16 Å². The van der Waals surface area contributed by atoms with E-state index in [-0.39, 0.29) is 12.0 Å². The summed E-state index contributed by atoms with van der Waals surface area (Å²) in [6.07, 6.45) is -1.25. The van der Waals surface area contributed by atoms with Crippen LogP contribution in [-0.2, 0) is 4.74 Å². The van der Waals surface area contributed by atoms with Crippen LogP contribution < -0.4 is 0 Å². The van der Waals surface area contributed by atoms with E-state index in [2.05, 4.69) is 16.6 Å². The molecule has 3 nitrogen and oxygen atoms in total. The Morgan fingerprint density at radius 3 is 2.55 bits per heavy atom. The monoisotopic (exact) mass is 156 g/mol. The van der Waals surface area contributed by atoms with Crippen LogP contribution in [0.1, 0.15) is 20.8 Å². The zero-order valence-corrected chi connectivity index (χ0v) is 6.97. The third-order valence-corrected chi connectivity index (χ3v) is 1.02. The summed E-state index contributed by atoms with van der Waals surface area (Å²) in [5.41, 5.74) is -0.382. The highest BCUT2D eigenvalue weighted by atomic mass is 16.7. The Bertz CT molecular complexity index is 195. The van der Waals surface area contributed by atoms with Crippen molar-refractivity contribution in [3.63, 3.8) is 0 Å². The van der Waals surface area contributed by atoms with Crippen LogP contribution in [0.3, 0.4) is 0 Å². The lowest BCUT2D eigenvalue weighted by Crippen LogP contribution is -2.19. The summed E-state index contributed by atoms with van der Waals surface area (Å²) >= 11 is 0. The molecule has 0 aromatic carbocycles. The van der Waals surface area contributed by atoms with Gasteiger partial charge in [0.05, 0.1) is 5.41 Å². The van der Waals surface area contributed by atoms with Crippen molar-refractivity contribution in [3.8, 4) is 11.8 Å². The molecular weight excluding hydrogens is 144 g/mol. The van der Waals surface area contributed by atoms with Gasteiger partial charge in [0.15, 0.2) is 0 Å². The molecule has 0 spiro atoms. The molecule has 0 aliphatic rings. The number of ether oxygens (including phenoxy) is 1. The SMILES string of the molecule is CC#CC(C)(C)COC(=O)O. The minimum absolute atomic E-state index is 0.114. The van der Waals surface area contributed by atoms with Gasteiger partial charge < -0.3 is 9.84 Å². The minimum atomic E-state index is -1.25. The molecule has 0 rings (SSSR count). The Labute approximate surface area is 66.4 Å². The molecule has 62 valence electrons. The predicted octanol–water partition coefficient (Wildman–Crippen LogP) is 1.73. The van der Waals surface area contributed by atoms with Crippen molar-refractivity contribution >= 4 is 6.16 Å². The van der Waals surface area contributed by atoms with Crippen LogP contribution in [0, 0.1) is 17.3 Å². The van der Waals surface area contributed by atoms with E-state index in [0.29, 0.717) is 0 Å². The van der Waals surface area contributed by atoms with E-state index in [9.17, 15) is 4.79 Å². The molecular formula is C8H12O3. The first-order valence-corrected chi connectivity index (χ1v) is 3.27. The van der Waals surface area contributed by atoms with Crippen molar-refractivity contribution in [2.24, 2.45) is 5.41 Å². The second kappa shape index (κ2) is 3.87. The number of carboxylic acid groups (broad SMARTS) is 1. The number of hydrogen-bond acceptors (Lipinski definition) is 2. The molecule has 0 aromatic rings. The fourth-order valence-corrected chi connectivity index (χ4v) is 0.617. The average molecular weight is 156 g/mol. The van der Waals surface area contributed by atoms with Gasteiger partial charge in [-0.1, -0.05) is 5.92 Å². The Morgan fingerprint density at radius 2 is 2.18 bits per heavy atom. The highest BCUT2D eigenvalue weighted by Crippen LogP contribution is 2.13. The molecule has 0 heterocycles. The third-order valence-electron chi connectivity index (χ3n) is 1.02. The molecule has 0 saturated carbocycles. The van der Waals surface area contributed by atoms with Gasteiger partial charge in [-0.05, 0) is 20.8 Å². The Balaban J connectivity index is 3.89. The molecule has 0 amide bonds. The predicted molar refractivity (Wildman–Crippen MR) is 41.2 cm³/mol. The van der Waals surface area contributed by atoms with E-state index in [1.807, 2.05) is 13.8 Å². The van der Waals surface area contributed by atoms with E-state index in [1.165, 1.54) is 0 Å². The smallest absolute Gasteiger partial charge is 0.450 e. The van der Waals surface area contributed by atoms with Crippen LogP contribution in [0.2, 0.25) is 0 Å². The largest absolute Gasteiger partial charge is 0.505 e. The molecule has 3 heteroatoms. The van der Waals surface area contributed by atoms with Crippen LogP contribution in [0.4, 0.5) is 4.79 Å². The van der Waals surface area contributed by atoms with E-state index in [4.69, 9.17) is 5.11 Å². The third kappa shape index (κ3) is 5.28. The van der Waals surface area contributed by atoms with E-state index >= 15 is 0 Å². The molecule has 0 fully saturated rings. The first kappa shape index (κ1) is 9.83. The zero-order valence-electron chi connectivity index (χ0n) is 6.97. The molecule has 0 aliphatic carbocycles. The summed E-state index contributed by atoms with van der Waals surface area (Å²) < 4.78 is 4.37. The van der Waals surface area contributed by atoms with Crippen LogP contribution in [-0.4, -0.2) is 17.9 Å². The van der Waals surface area contributed by atoms with Gasteiger partial charge in [-0.2, -0.15) is 0 Å². The van der Waals surface area contributed by atoms with Crippen molar-refractivity contribution in [1.82, 2.24) is 0 Å². The average Bonchev–Trinajstić information content (AvgIpc) is 1.84. The number of carbonyl (C=O) groups is 1. The summed E-state index contributed by atoms with van der Waals surface area (Å²) in [7, 11) is 0. The fourth-order valence-electron chi connectivity index (χ4n) is 0.617. The second-order valence-electron chi connectivity index (χ2n) is 2.81. The molecule has 0 aromatic heterocycles. The van der Waals surface area contributed by atoms with Crippen LogP contribution in [0.5, 0.6) is 0 Å². The standard InChI is InChI=1S/C8H12O3/c1-4-5-8(2,3)6-11-7(9)10/h6H2,1-3H3,(H,9,10). The van der Waals surface area contributed by atoms with Crippen LogP contribution in [0.15, 0.2) is 0 Å². The van der Waals surface area contributed by atoms with Gasteiger partial charge in [0, 0.05) is 0 Å². The summed E-state index contributed by atoms with van der Waals surface area (Å²) in [5.74, 6) is 5.55. The molecule has 0 unspecified atom stereocenters. The second-order valence-corrected chi connectivity index (χ2v) is 2.81. The topological polar surface area (TPSA) is 46.5 Å². The van der Waals surface area contributed by atoms with Gasteiger partial charge >= 0.3 is 6.16 Å². The zero-order chi connectivity index (χ0) is 8.91. The summed E-state index contributed by atoms with van der Waals surface area (Å²) in [6, 6.07) is 0. The van der Waals surface area contributed by atoms with Gasteiger partial charge in [-0.15, -0.1) is 5.92 Å². The molecule has 0 saturated heterocycles. The van der Waals surface area contributed by atoms with Crippen molar-refractivity contribution in [3.05, 3.63) is 0 Å². The summed E-state index contributed by atoms with van der Waals surface area (Å²) in [6.45, 7) is 5.48. The fraction of sp³-hybridized carbons (Fsp3) is 0.625. The normalized spacial score (nSPS) is 9.73. The maximum atomic E-state index is 9.98. The summed E-state index contributed by atoms with van der Waals surface area (Å²) in [5, 5.41) is 8.17. The molecule has 11 heavy (non-hydrogen) atoms. The maximum absolute atomic E-state index is 9.98. The molecule has 0 atom stereocenters. The first-order valence-electron chi connectivity index (χ1n) is 3.27. The van der Waals surface area contributed by atoms with Gasteiger partial charge in [-0.25, -0.2) is 4.79 Å². The quantitative estimate of drug-likeness (QED) is 0.489. The lowest BCUT2D eigenvalue weighted by Gasteiger charge is -2.15. The minimum Gasteiger partial charge on any atom is -0.450 e. The van der Waals surface area contributed by atoms with Crippen LogP contribution in [0.25, 0.3) is 0 Å². The number of rotatable bonds is 2. The molecule has 0 aliphatic heterocycles. The van der Waals surface area contributed by atoms with E-state index in [0.717, 1.165) is 0 Å². The highest BCUT2D eigenvalue weighted by molar-refractivity contribution is 5.56. The van der Waals surface area contributed by atoms with Gasteiger partial charge in [-0.3, -0.25) is 0 Å². The summed E-state index contributed by atoms with van der Waals surface area (Å²) in [4.78, 5) is 9.98. The lowest BCUT2D eigenvalue weighted by atomic mass is 9.96. The number of hydrogen-bond donors (Lipinski definition) is 1.